The molecule has 2 unspecified atom stereocenters. The lowest BCUT2D eigenvalue weighted by Crippen LogP contribution is -2.36. The van der Waals surface area contributed by atoms with E-state index in [0.717, 1.165) is 5.56 Å². The van der Waals surface area contributed by atoms with Crippen molar-refractivity contribution in [2.24, 2.45) is 0 Å². The fourth-order valence-electron chi connectivity index (χ4n) is 3.15. The van der Waals surface area contributed by atoms with E-state index in [-0.39, 0.29) is 18.0 Å². The Morgan fingerprint density at radius 2 is 2.08 bits per heavy atom. The van der Waals surface area contributed by atoms with Gasteiger partial charge in [-0.25, -0.2) is 0 Å². The zero-order chi connectivity index (χ0) is 17.9. The second-order valence-electron chi connectivity index (χ2n) is 6.30. The summed E-state index contributed by atoms with van der Waals surface area (Å²) in [7, 11) is 1.98. The summed E-state index contributed by atoms with van der Waals surface area (Å²) in [6.07, 6.45) is 7.30. The number of likely N-dealkylation sites (N-methyl/N-ethyl adjacent to an activating group) is 1. The fraction of sp³-hybridized carbons (Fsp3) is 0.278. The van der Waals surface area contributed by atoms with Crippen molar-refractivity contribution in [2.75, 3.05) is 13.6 Å². The molecule has 1 saturated heterocycles. The Labute approximate surface area is 150 Å². The van der Waals surface area contributed by atoms with E-state index in [1.165, 1.54) is 0 Å². The first-order chi connectivity index (χ1) is 12.7. The molecule has 8 nitrogen and oxygen atoms in total. The van der Waals surface area contributed by atoms with E-state index in [9.17, 15) is 4.79 Å². The number of pyridine rings is 2. The molecule has 4 heterocycles. The van der Waals surface area contributed by atoms with Gasteiger partial charge in [0.15, 0.2) is 0 Å². The zero-order valence-corrected chi connectivity index (χ0v) is 14.2. The van der Waals surface area contributed by atoms with Crippen molar-refractivity contribution >= 4 is 5.91 Å². The summed E-state index contributed by atoms with van der Waals surface area (Å²) in [5, 5.41) is 7.11. The standard InChI is InChI=1S/C18H18N6O2/c1-24-11-14(21-17(25)13-3-2-6-20-10-13)9-15(24)18-22-16(23-26-18)12-4-7-19-8-5-12/h2-8,10,14-15H,9,11H2,1H3,(H,21,25). The lowest BCUT2D eigenvalue weighted by atomic mass is 10.1. The topological polar surface area (TPSA) is 97.0 Å². The Hall–Kier alpha value is -3.13. The number of nitrogens with zero attached hydrogens (tertiary/aromatic N) is 5. The average molecular weight is 350 g/mol. The van der Waals surface area contributed by atoms with Crippen molar-refractivity contribution in [3.8, 4) is 11.4 Å². The van der Waals surface area contributed by atoms with E-state index in [4.69, 9.17) is 4.52 Å². The third-order valence-corrected chi connectivity index (χ3v) is 4.47. The molecule has 2 atom stereocenters. The molecule has 0 aliphatic carbocycles. The monoisotopic (exact) mass is 350 g/mol. The summed E-state index contributed by atoms with van der Waals surface area (Å²) >= 11 is 0. The molecule has 0 radical (unpaired) electrons. The van der Waals surface area contributed by atoms with Crippen LogP contribution in [0.4, 0.5) is 0 Å². The van der Waals surface area contributed by atoms with Crippen LogP contribution in [0.5, 0.6) is 0 Å². The zero-order valence-electron chi connectivity index (χ0n) is 14.2. The third kappa shape index (κ3) is 3.31. The quantitative estimate of drug-likeness (QED) is 0.765. The molecule has 0 aromatic carbocycles. The van der Waals surface area contributed by atoms with Gasteiger partial charge in [0.2, 0.25) is 11.7 Å². The van der Waals surface area contributed by atoms with Gasteiger partial charge in [0.05, 0.1) is 11.6 Å². The molecule has 8 heteroatoms. The normalized spacial score (nSPS) is 20.2. The van der Waals surface area contributed by atoms with Crippen molar-refractivity contribution in [3.63, 3.8) is 0 Å². The number of hydrogen-bond acceptors (Lipinski definition) is 7. The van der Waals surface area contributed by atoms with Crippen molar-refractivity contribution in [3.05, 3.63) is 60.5 Å². The summed E-state index contributed by atoms with van der Waals surface area (Å²) < 4.78 is 5.47. The smallest absolute Gasteiger partial charge is 0.253 e. The van der Waals surface area contributed by atoms with Crippen LogP contribution in [-0.4, -0.2) is 50.5 Å². The van der Waals surface area contributed by atoms with Crippen molar-refractivity contribution < 1.29 is 9.32 Å². The number of carbonyl (C=O) groups is 1. The minimum atomic E-state index is -0.125. The number of amides is 1. The number of nitrogens with one attached hydrogen (secondary N) is 1. The molecule has 1 aliphatic heterocycles. The van der Waals surface area contributed by atoms with Gasteiger partial charge in [-0.2, -0.15) is 4.98 Å². The van der Waals surface area contributed by atoms with Crippen LogP contribution >= 0.6 is 0 Å². The van der Waals surface area contributed by atoms with E-state index in [1.54, 1.807) is 36.9 Å². The maximum atomic E-state index is 12.3. The van der Waals surface area contributed by atoms with E-state index in [0.29, 0.717) is 30.2 Å². The molecule has 3 aromatic heterocycles. The molecular formula is C18H18N6O2. The number of rotatable bonds is 4. The van der Waals surface area contributed by atoms with Crippen molar-refractivity contribution in [1.82, 2.24) is 30.3 Å². The maximum absolute atomic E-state index is 12.3. The van der Waals surface area contributed by atoms with Gasteiger partial charge >= 0.3 is 0 Å². The van der Waals surface area contributed by atoms with Gasteiger partial charge < -0.3 is 9.84 Å². The minimum Gasteiger partial charge on any atom is -0.348 e. The van der Waals surface area contributed by atoms with Crippen LogP contribution in [-0.2, 0) is 0 Å². The second-order valence-corrected chi connectivity index (χ2v) is 6.30. The van der Waals surface area contributed by atoms with Crippen LogP contribution in [0, 0.1) is 0 Å². The van der Waals surface area contributed by atoms with E-state index >= 15 is 0 Å². The number of carbonyl (C=O) groups excluding carboxylic acids is 1. The number of hydrogen-bond donors (Lipinski definition) is 1. The first-order valence-electron chi connectivity index (χ1n) is 8.36. The first-order valence-corrected chi connectivity index (χ1v) is 8.36. The van der Waals surface area contributed by atoms with Gasteiger partial charge in [0, 0.05) is 42.9 Å². The molecular weight excluding hydrogens is 332 g/mol. The molecule has 1 aliphatic rings. The van der Waals surface area contributed by atoms with Crippen LogP contribution in [0.15, 0.2) is 53.6 Å². The van der Waals surface area contributed by atoms with Gasteiger partial charge in [0.25, 0.3) is 5.91 Å². The lowest BCUT2D eigenvalue weighted by Gasteiger charge is -2.14. The fourth-order valence-corrected chi connectivity index (χ4v) is 3.15. The molecule has 1 fully saturated rings. The highest BCUT2D eigenvalue weighted by Gasteiger charge is 2.35. The second kappa shape index (κ2) is 7.01. The highest BCUT2D eigenvalue weighted by molar-refractivity contribution is 5.94. The molecule has 0 saturated carbocycles. The molecule has 4 rings (SSSR count). The third-order valence-electron chi connectivity index (χ3n) is 4.47. The molecule has 3 aromatic rings. The SMILES string of the molecule is CN1CC(NC(=O)c2cccnc2)CC1c1nc(-c2ccncc2)no1. The summed E-state index contributed by atoms with van der Waals surface area (Å²) in [5.41, 5.74) is 1.41. The summed E-state index contributed by atoms with van der Waals surface area (Å²) in [6, 6.07) is 7.15. The van der Waals surface area contributed by atoms with Crippen LogP contribution in [0.3, 0.4) is 0 Å². The van der Waals surface area contributed by atoms with Gasteiger partial charge in [-0.1, -0.05) is 5.16 Å². The Morgan fingerprint density at radius 1 is 1.23 bits per heavy atom. The summed E-state index contributed by atoms with van der Waals surface area (Å²) in [6.45, 7) is 0.712. The van der Waals surface area contributed by atoms with Crippen LogP contribution in [0.1, 0.15) is 28.7 Å². The maximum Gasteiger partial charge on any atom is 0.253 e. The predicted molar refractivity (Wildman–Crippen MR) is 93.0 cm³/mol. The van der Waals surface area contributed by atoms with Crippen molar-refractivity contribution in [1.29, 1.82) is 0 Å². The van der Waals surface area contributed by atoms with E-state index < -0.39 is 0 Å². The Balaban J connectivity index is 1.44. The lowest BCUT2D eigenvalue weighted by molar-refractivity contribution is 0.0938. The molecule has 1 N–H and O–H groups in total. The van der Waals surface area contributed by atoms with E-state index in [1.807, 2.05) is 19.2 Å². The molecule has 0 spiro atoms. The summed E-state index contributed by atoms with van der Waals surface area (Å²) in [4.78, 5) is 26.9. The van der Waals surface area contributed by atoms with Gasteiger partial charge in [-0.15, -0.1) is 0 Å². The highest BCUT2D eigenvalue weighted by Crippen LogP contribution is 2.30. The Kier molecular flexibility index (Phi) is 4.40. The minimum absolute atomic E-state index is 0.00832. The number of aromatic nitrogens is 4. The highest BCUT2D eigenvalue weighted by atomic mass is 16.5. The van der Waals surface area contributed by atoms with Gasteiger partial charge in [-0.3, -0.25) is 19.7 Å². The first kappa shape index (κ1) is 16.3. The Bertz CT molecular complexity index is 883. The van der Waals surface area contributed by atoms with Crippen LogP contribution in [0.2, 0.25) is 0 Å². The number of likely N-dealkylation sites (tertiary alicyclic amines) is 1. The largest absolute Gasteiger partial charge is 0.348 e. The van der Waals surface area contributed by atoms with Crippen LogP contribution in [0.25, 0.3) is 11.4 Å². The molecule has 26 heavy (non-hydrogen) atoms. The average Bonchev–Trinajstić information content (AvgIpc) is 3.30. The predicted octanol–water partition coefficient (Wildman–Crippen LogP) is 1.70. The van der Waals surface area contributed by atoms with Crippen LogP contribution < -0.4 is 5.32 Å². The Morgan fingerprint density at radius 3 is 2.85 bits per heavy atom. The van der Waals surface area contributed by atoms with Gasteiger partial charge in [0.1, 0.15) is 0 Å². The van der Waals surface area contributed by atoms with Gasteiger partial charge in [-0.05, 0) is 37.7 Å². The van der Waals surface area contributed by atoms with E-state index in [2.05, 4.69) is 30.3 Å². The molecule has 0 bridgehead atoms. The summed E-state index contributed by atoms with van der Waals surface area (Å²) in [5.74, 6) is 0.969. The molecule has 132 valence electrons. The molecule has 1 amide bonds. The van der Waals surface area contributed by atoms with Crippen molar-refractivity contribution in [2.45, 2.75) is 18.5 Å².